The summed E-state index contributed by atoms with van der Waals surface area (Å²) in [5, 5.41) is 3.18. The number of fused-ring (bicyclic) bond motifs is 3. The minimum Gasteiger partial charge on any atom is -0.457 e. The van der Waals surface area contributed by atoms with E-state index in [0.717, 1.165) is 39.3 Å². The van der Waals surface area contributed by atoms with Gasteiger partial charge in [0.2, 0.25) is 5.91 Å². The third kappa shape index (κ3) is 3.26. The highest BCUT2D eigenvalue weighted by Crippen LogP contribution is 2.44. The molecule has 0 saturated heterocycles. The summed E-state index contributed by atoms with van der Waals surface area (Å²) in [5.74, 6) is 0.842. The number of pyridine rings is 1. The number of amides is 1. The molecule has 0 fully saturated rings. The van der Waals surface area contributed by atoms with Crippen molar-refractivity contribution in [2.24, 2.45) is 0 Å². The van der Waals surface area contributed by atoms with Crippen LogP contribution in [0.3, 0.4) is 0 Å². The summed E-state index contributed by atoms with van der Waals surface area (Å²) in [6.45, 7) is 2.04. The van der Waals surface area contributed by atoms with E-state index >= 15 is 0 Å². The summed E-state index contributed by atoms with van der Waals surface area (Å²) >= 11 is 0. The standard InChI is InChI=1S/C28H21N3O2/c1-18-9-8-16-31-17-23(29-27(18)31)19-10-2-5-13-22(19)30-28(32)26-20-11-3-6-14-24(20)33-25-15-7-4-12-21(25)26/h2-17,26H,1H3,(H,30,32). The Balaban J connectivity index is 1.41. The third-order valence-corrected chi connectivity index (χ3v) is 6.08. The fourth-order valence-electron chi connectivity index (χ4n) is 4.50. The fourth-order valence-corrected chi connectivity index (χ4v) is 4.50. The van der Waals surface area contributed by atoms with Gasteiger partial charge in [-0.15, -0.1) is 0 Å². The van der Waals surface area contributed by atoms with Gasteiger partial charge in [0.05, 0.1) is 17.3 Å². The van der Waals surface area contributed by atoms with E-state index < -0.39 is 5.92 Å². The van der Waals surface area contributed by atoms with E-state index in [2.05, 4.69) is 5.32 Å². The van der Waals surface area contributed by atoms with Gasteiger partial charge in [0.25, 0.3) is 0 Å². The Morgan fingerprint density at radius 2 is 1.55 bits per heavy atom. The molecule has 5 heteroatoms. The number of hydrogen-bond donors (Lipinski definition) is 1. The minimum absolute atomic E-state index is 0.106. The zero-order valence-electron chi connectivity index (χ0n) is 18.0. The lowest BCUT2D eigenvalue weighted by Gasteiger charge is -2.27. The van der Waals surface area contributed by atoms with Crippen molar-refractivity contribution in [3.63, 3.8) is 0 Å². The zero-order chi connectivity index (χ0) is 22.4. The number of nitrogens with zero attached hydrogens (tertiary/aromatic N) is 2. The molecular weight excluding hydrogens is 410 g/mol. The molecule has 3 heterocycles. The van der Waals surface area contributed by atoms with Crippen LogP contribution in [0.4, 0.5) is 5.69 Å². The summed E-state index contributed by atoms with van der Waals surface area (Å²) in [7, 11) is 0. The molecule has 33 heavy (non-hydrogen) atoms. The van der Waals surface area contributed by atoms with Crippen molar-refractivity contribution in [2.45, 2.75) is 12.8 Å². The lowest BCUT2D eigenvalue weighted by molar-refractivity contribution is -0.116. The van der Waals surface area contributed by atoms with E-state index in [1.54, 1.807) is 0 Å². The van der Waals surface area contributed by atoms with E-state index in [4.69, 9.17) is 9.72 Å². The van der Waals surface area contributed by atoms with Gasteiger partial charge in [0.1, 0.15) is 17.1 Å². The number of para-hydroxylation sites is 3. The summed E-state index contributed by atoms with van der Waals surface area (Å²) in [6, 6.07) is 27.2. The zero-order valence-corrected chi connectivity index (χ0v) is 18.0. The van der Waals surface area contributed by atoms with Crippen molar-refractivity contribution in [2.75, 3.05) is 5.32 Å². The molecule has 2 aromatic heterocycles. The summed E-state index contributed by atoms with van der Waals surface area (Å²) < 4.78 is 8.06. The predicted molar refractivity (Wildman–Crippen MR) is 129 cm³/mol. The number of ether oxygens (including phenoxy) is 1. The topological polar surface area (TPSA) is 55.6 Å². The van der Waals surface area contributed by atoms with E-state index in [0.29, 0.717) is 11.5 Å². The molecule has 0 aliphatic carbocycles. The number of aromatic nitrogens is 2. The average Bonchev–Trinajstić information content (AvgIpc) is 3.28. The SMILES string of the molecule is Cc1cccn2cc(-c3ccccc3NC(=O)C3c4ccccc4Oc4ccccc43)nc12. The van der Waals surface area contributed by atoms with Crippen LogP contribution in [0.15, 0.2) is 97.3 Å². The second-order valence-corrected chi connectivity index (χ2v) is 8.19. The largest absolute Gasteiger partial charge is 0.457 e. The first-order valence-electron chi connectivity index (χ1n) is 10.9. The van der Waals surface area contributed by atoms with Crippen molar-refractivity contribution in [1.29, 1.82) is 0 Å². The molecule has 0 unspecified atom stereocenters. The molecular formula is C28H21N3O2. The Morgan fingerprint density at radius 3 is 2.27 bits per heavy atom. The van der Waals surface area contributed by atoms with Gasteiger partial charge in [0, 0.05) is 29.1 Å². The number of nitrogens with one attached hydrogen (secondary N) is 1. The second-order valence-electron chi connectivity index (χ2n) is 8.19. The first-order chi connectivity index (χ1) is 16.2. The van der Waals surface area contributed by atoms with Crippen LogP contribution < -0.4 is 10.1 Å². The number of imidazole rings is 1. The number of rotatable bonds is 3. The van der Waals surface area contributed by atoms with Crippen molar-refractivity contribution in [3.05, 3.63) is 114 Å². The molecule has 0 atom stereocenters. The molecule has 6 rings (SSSR count). The number of hydrogen-bond acceptors (Lipinski definition) is 3. The quantitative estimate of drug-likeness (QED) is 0.371. The van der Waals surface area contributed by atoms with Crippen LogP contribution in [-0.2, 0) is 4.79 Å². The van der Waals surface area contributed by atoms with Gasteiger partial charge >= 0.3 is 0 Å². The van der Waals surface area contributed by atoms with Crippen LogP contribution in [0.1, 0.15) is 22.6 Å². The number of anilines is 1. The first-order valence-corrected chi connectivity index (χ1v) is 10.9. The number of benzene rings is 3. The molecule has 0 spiro atoms. The van der Waals surface area contributed by atoms with Gasteiger partial charge in [-0.3, -0.25) is 4.79 Å². The maximum absolute atomic E-state index is 13.7. The molecule has 0 saturated carbocycles. The number of carbonyl (C=O) groups excluding carboxylic acids is 1. The van der Waals surface area contributed by atoms with Crippen LogP contribution in [-0.4, -0.2) is 15.3 Å². The maximum atomic E-state index is 13.7. The Labute approximate surface area is 191 Å². The molecule has 5 nitrogen and oxygen atoms in total. The van der Waals surface area contributed by atoms with E-state index in [1.807, 2.05) is 109 Å². The summed E-state index contributed by atoms with van der Waals surface area (Å²) in [6.07, 6.45) is 3.97. The van der Waals surface area contributed by atoms with Gasteiger partial charge < -0.3 is 14.5 Å². The Bertz CT molecular complexity index is 1470. The van der Waals surface area contributed by atoms with Crippen molar-refractivity contribution in [3.8, 4) is 22.8 Å². The molecule has 1 aliphatic heterocycles. The van der Waals surface area contributed by atoms with Gasteiger partial charge in [-0.1, -0.05) is 60.7 Å². The summed E-state index contributed by atoms with van der Waals surface area (Å²) in [4.78, 5) is 18.5. The van der Waals surface area contributed by atoms with Crippen LogP contribution in [0.25, 0.3) is 16.9 Å². The smallest absolute Gasteiger partial charge is 0.236 e. The lowest BCUT2D eigenvalue weighted by Crippen LogP contribution is -2.25. The van der Waals surface area contributed by atoms with E-state index in [-0.39, 0.29) is 5.91 Å². The van der Waals surface area contributed by atoms with Gasteiger partial charge in [-0.2, -0.15) is 0 Å². The van der Waals surface area contributed by atoms with Crippen molar-refractivity contribution in [1.82, 2.24) is 9.38 Å². The lowest BCUT2D eigenvalue weighted by atomic mass is 9.87. The summed E-state index contributed by atoms with van der Waals surface area (Å²) in [5.41, 5.74) is 6.13. The molecule has 5 aromatic rings. The highest BCUT2D eigenvalue weighted by Gasteiger charge is 2.32. The average molecular weight is 431 g/mol. The number of carbonyl (C=O) groups is 1. The van der Waals surface area contributed by atoms with Crippen LogP contribution in [0, 0.1) is 6.92 Å². The second kappa shape index (κ2) is 7.64. The van der Waals surface area contributed by atoms with Crippen LogP contribution in [0.5, 0.6) is 11.5 Å². The van der Waals surface area contributed by atoms with Gasteiger partial charge in [-0.05, 0) is 36.8 Å². The normalized spacial score (nSPS) is 12.6. The fraction of sp³-hybridized carbons (Fsp3) is 0.0714. The highest BCUT2D eigenvalue weighted by atomic mass is 16.5. The molecule has 1 aliphatic rings. The molecule has 1 amide bonds. The Morgan fingerprint density at radius 1 is 0.879 bits per heavy atom. The Hall–Kier alpha value is -4.38. The van der Waals surface area contributed by atoms with Gasteiger partial charge in [-0.25, -0.2) is 4.98 Å². The molecule has 1 N–H and O–H groups in total. The van der Waals surface area contributed by atoms with E-state index in [1.165, 1.54) is 0 Å². The first kappa shape index (κ1) is 19.3. The highest BCUT2D eigenvalue weighted by molar-refractivity contribution is 6.02. The molecule has 0 bridgehead atoms. The van der Waals surface area contributed by atoms with Gasteiger partial charge in [0.15, 0.2) is 0 Å². The van der Waals surface area contributed by atoms with E-state index in [9.17, 15) is 4.79 Å². The van der Waals surface area contributed by atoms with Crippen LogP contribution >= 0.6 is 0 Å². The predicted octanol–water partition coefficient (Wildman–Crippen LogP) is 6.19. The Kier molecular flexibility index (Phi) is 4.47. The third-order valence-electron chi connectivity index (χ3n) is 6.08. The molecule has 160 valence electrons. The monoisotopic (exact) mass is 431 g/mol. The van der Waals surface area contributed by atoms with Crippen molar-refractivity contribution < 1.29 is 9.53 Å². The van der Waals surface area contributed by atoms with Crippen molar-refractivity contribution >= 4 is 17.2 Å². The molecule has 0 radical (unpaired) electrons. The molecule has 3 aromatic carbocycles. The minimum atomic E-state index is -0.470. The maximum Gasteiger partial charge on any atom is 0.236 e. The number of aryl methyl sites for hydroxylation is 1. The van der Waals surface area contributed by atoms with Crippen LogP contribution in [0.2, 0.25) is 0 Å².